The molecular weight excluding hydrogens is 232 g/mol. The van der Waals surface area contributed by atoms with E-state index in [0.717, 1.165) is 44.2 Å². The van der Waals surface area contributed by atoms with Crippen molar-refractivity contribution in [2.75, 3.05) is 44.2 Å². The number of nitrogens with one attached hydrogen (secondary N) is 1. The SMILES string of the molecule is CCNCC(CC)(CC)CN1CCS(=O)CC1. The quantitative estimate of drug-likeness (QED) is 0.752. The Morgan fingerprint density at radius 2 is 1.76 bits per heavy atom. The molecule has 0 amide bonds. The molecular formula is C13H28N2OS. The standard InChI is InChI=1S/C13H28N2OS/c1-4-13(5-2,11-14-6-3)12-15-7-9-17(16)10-8-15/h14H,4-12H2,1-3H3. The second-order valence-electron chi connectivity index (χ2n) is 5.11. The van der Waals surface area contributed by atoms with Gasteiger partial charge in [-0.2, -0.15) is 0 Å². The molecule has 0 spiro atoms. The van der Waals surface area contributed by atoms with Crippen LogP contribution in [0.2, 0.25) is 0 Å². The van der Waals surface area contributed by atoms with Gasteiger partial charge in [-0.15, -0.1) is 0 Å². The Morgan fingerprint density at radius 3 is 2.24 bits per heavy atom. The Labute approximate surface area is 109 Å². The Bertz CT molecular complexity index is 232. The minimum atomic E-state index is -0.556. The number of nitrogens with zero attached hydrogens (tertiary/aromatic N) is 1. The molecule has 1 N–H and O–H groups in total. The minimum absolute atomic E-state index is 0.398. The lowest BCUT2D eigenvalue weighted by atomic mass is 9.81. The summed E-state index contributed by atoms with van der Waals surface area (Å²) in [6, 6.07) is 0. The van der Waals surface area contributed by atoms with Crippen molar-refractivity contribution >= 4 is 10.8 Å². The molecule has 0 unspecified atom stereocenters. The predicted molar refractivity (Wildman–Crippen MR) is 75.9 cm³/mol. The first kappa shape index (κ1) is 15.1. The second-order valence-corrected chi connectivity index (χ2v) is 6.81. The molecule has 1 rings (SSSR count). The van der Waals surface area contributed by atoms with Crippen LogP contribution in [0.25, 0.3) is 0 Å². The zero-order chi connectivity index (χ0) is 12.7. The van der Waals surface area contributed by atoms with Crippen molar-refractivity contribution in [2.45, 2.75) is 33.6 Å². The summed E-state index contributed by atoms with van der Waals surface area (Å²) in [4.78, 5) is 2.51. The third kappa shape index (κ3) is 4.68. The van der Waals surface area contributed by atoms with Gasteiger partial charge in [0.25, 0.3) is 0 Å². The Balaban J connectivity index is 2.50. The maximum atomic E-state index is 11.4. The summed E-state index contributed by atoms with van der Waals surface area (Å²) in [5.74, 6) is 1.73. The minimum Gasteiger partial charge on any atom is -0.316 e. The van der Waals surface area contributed by atoms with Crippen LogP contribution in [0.1, 0.15) is 33.6 Å². The van der Waals surface area contributed by atoms with Gasteiger partial charge in [-0.25, -0.2) is 0 Å². The molecule has 1 heterocycles. The second kappa shape index (κ2) is 7.49. The molecule has 17 heavy (non-hydrogen) atoms. The molecule has 0 atom stereocenters. The van der Waals surface area contributed by atoms with Crippen LogP contribution in [-0.2, 0) is 10.8 Å². The van der Waals surface area contributed by atoms with E-state index >= 15 is 0 Å². The van der Waals surface area contributed by atoms with Crippen molar-refractivity contribution in [2.24, 2.45) is 5.41 Å². The van der Waals surface area contributed by atoms with Gasteiger partial charge in [0, 0.05) is 48.5 Å². The van der Waals surface area contributed by atoms with E-state index in [1.54, 1.807) is 0 Å². The largest absolute Gasteiger partial charge is 0.316 e. The maximum Gasteiger partial charge on any atom is 0.0363 e. The van der Waals surface area contributed by atoms with Crippen LogP contribution >= 0.6 is 0 Å². The first-order valence-corrected chi connectivity index (χ1v) is 8.42. The summed E-state index contributed by atoms with van der Waals surface area (Å²) in [5, 5.41) is 3.50. The predicted octanol–water partition coefficient (Wildman–Crippen LogP) is 1.47. The molecule has 1 aliphatic heterocycles. The maximum absolute atomic E-state index is 11.4. The van der Waals surface area contributed by atoms with Gasteiger partial charge < -0.3 is 10.2 Å². The fourth-order valence-corrected chi connectivity index (χ4v) is 3.61. The van der Waals surface area contributed by atoms with Crippen LogP contribution in [0.3, 0.4) is 0 Å². The summed E-state index contributed by atoms with van der Waals surface area (Å²) in [6.07, 6.45) is 2.44. The molecule has 0 aliphatic carbocycles. The van der Waals surface area contributed by atoms with Gasteiger partial charge in [0.15, 0.2) is 0 Å². The first-order chi connectivity index (χ1) is 8.15. The molecule has 4 heteroatoms. The highest BCUT2D eigenvalue weighted by molar-refractivity contribution is 7.85. The highest BCUT2D eigenvalue weighted by Gasteiger charge is 2.29. The van der Waals surface area contributed by atoms with Gasteiger partial charge in [0.2, 0.25) is 0 Å². The topological polar surface area (TPSA) is 32.3 Å². The highest BCUT2D eigenvalue weighted by Crippen LogP contribution is 2.27. The molecule has 1 aliphatic rings. The van der Waals surface area contributed by atoms with Gasteiger partial charge in [-0.1, -0.05) is 20.8 Å². The van der Waals surface area contributed by atoms with Crippen molar-refractivity contribution in [3.8, 4) is 0 Å². The summed E-state index contributed by atoms with van der Waals surface area (Å²) in [7, 11) is -0.556. The molecule has 1 saturated heterocycles. The van der Waals surface area contributed by atoms with Crippen LogP contribution in [0.4, 0.5) is 0 Å². The van der Waals surface area contributed by atoms with Crippen molar-refractivity contribution in [3.05, 3.63) is 0 Å². The summed E-state index contributed by atoms with van der Waals surface area (Å²) in [5.41, 5.74) is 0.398. The van der Waals surface area contributed by atoms with E-state index < -0.39 is 10.8 Å². The van der Waals surface area contributed by atoms with Gasteiger partial charge in [-0.05, 0) is 24.8 Å². The first-order valence-electron chi connectivity index (χ1n) is 6.94. The van der Waals surface area contributed by atoms with Crippen LogP contribution in [0.5, 0.6) is 0 Å². The zero-order valence-electron chi connectivity index (χ0n) is 11.6. The lowest BCUT2D eigenvalue weighted by molar-refractivity contribution is 0.143. The van der Waals surface area contributed by atoms with Crippen LogP contribution < -0.4 is 5.32 Å². The van der Waals surface area contributed by atoms with Gasteiger partial charge in [-0.3, -0.25) is 4.21 Å². The monoisotopic (exact) mass is 260 g/mol. The molecule has 102 valence electrons. The third-order valence-electron chi connectivity index (χ3n) is 4.08. The molecule has 0 aromatic heterocycles. The summed E-state index contributed by atoms with van der Waals surface area (Å²) in [6.45, 7) is 12.1. The molecule has 0 saturated carbocycles. The molecule has 0 radical (unpaired) electrons. The average molecular weight is 260 g/mol. The van der Waals surface area contributed by atoms with Crippen LogP contribution in [-0.4, -0.2) is 53.3 Å². The van der Waals surface area contributed by atoms with Gasteiger partial charge in [0.05, 0.1) is 0 Å². The fraction of sp³-hybridized carbons (Fsp3) is 1.00. The van der Waals surface area contributed by atoms with Crippen LogP contribution in [0, 0.1) is 5.41 Å². The Kier molecular flexibility index (Phi) is 6.67. The van der Waals surface area contributed by atoms with Gasteiger partial charge in [0.1, 0.15) is 0 Å². The van der Waals surface area contributed by atoms with Crippen molar-refractivity contribution < 1.29 is 4.21 Å². The average Bonchev–Trinajstić information content (AvgIpc) is 2.37. The van der Waals surface area contributed by atoms with Crippen molar-refractivity contribution in [1.29, 1.82) is 0 Å². The van der Waals surface area contributed by atoms with Crippen molar-refractivity contribution in [1.82, 2.24) is 10.2 Å². The van der Waals surface area contributed by atoms with E-state index in [-0.39, 0.29) is 0 Å². The zero-order valence-corrected chi connectivity index (χ0v) is 12.4. The van der Waals surface area contributed by atoms with E-state index in [0.29, 0.717) is 5.41 Å². The van der Waals surface area contributed by atoms with E-state index in [4.69, 9.17) is 0 Å². The normalized spacial score (nSPS) is 19.7. The van der Waals surface area contributed by atoms with E-state index in [2.05, 4.69) is 31.0 Å². The Morgan fingerprint density at radius 1 is 1.18 bits per heavy atom. The molecule has 1 fully saturated rings. The highest BCUT2D eigenvalue weighted by atomic mass is 32.2. The molecule has 0 aromatic carbocycles. The smallest absolute Gasteiger partial charge is 0.0363 e. The van der Waals surface area contributed by atoms with Crippen LogP contribution in [0.15, 0.2) is 0 Å². The number of rotatable bonds is 7. The third-order valence-corrected chi connectivity index (χ3v) is 5.36. The molecule has 0 aromatic rings. The number of hydrogen-bond acceptors (Lipinski definition) is 3. The molecule has 3 nitrogen and oxygen atoms in total. The van der Waals surface area contributed by atoms with E-state index in [1.807, 2.05) is 0 Å². The van der Waals surface area contributed by atoms with Crippen molar-refractivity contribution in [3.63, 3.8) is 0 Å². The lowest BCUT2D eigenvalue weighted by Gasteiger charge is -2.38. The van der Waals surface area contributed by atoms with E-state index in [9.17, 15) is 4.21 Å². The fourth-order valence-electron chi connectivity index (χ4n) is 2.48. The lowest BCUT2D eigenvalue weighted by Crippen LogP contribution is -2.47. The summed E-state index contributed by atoms with van der Waals surface area (Å²) >= 11 is 0. The van der Waals surface area contributed by atoms with Gasteiger partial charge >= 0.3 is 0 Å². The number of hydrogen-bond donors (Lipinski definition) is 1. The van der Waals surface area contributed by atoms with E-state index in [1.165, 1.54) is 12.8 Å². The summed E-state index contributed by atoms with van der Waals surface area (Å²) < 4.78 is 11.4. The Hall–Kier alpha value is 0.0700. The molecule has 0 bridgehead atoms.